The molecular weight excluding hydrogens is 462 g/mol. The predicted molar refractivity (Wildman–Crippen MR) is 83.2 cm³/mol. The van der Waals surface area contributed by atoms with Crippen LogP contribution >= 0.6 is 18.8 Å². The molecule has 2 rings (SSSR count). The van der Waals surface area contributed by atoms with Crippen LogP contribution < -0.4 is 0 Å². The minimum absolute atomic E-state index is 0.472. The average Bonchev–Trinajstić information content (AvgIpc) is 2.50. The van der Waals surface area contributed by atoms with Crippen molar-refractivity contribution in [3.05, 3.63) is 11.5 Å². The molecule has 2 N–H and O–H groups in total. The largest absolute Gasteiger partial charge is 0.677 e. The number of halogens is 2. The molecule has 0 heterocycles. The van der Waals surface area contributed by atoms with Crippen LogP contribution in [0.25, 0.3) is 11.5 Å². The van der Waals surface area contributed by atoms with Crippen molar-refractivity contribution in [2.24, 2.45) is 11.8 Å². The molecule has 0 radical (unpaired) electrons. The van der Waals surface area contributed by atoms with Gasteiger partial charge in [0, 0.05) is 0 Å². The zero-order valence-electron chi connectivity index (χ0n) is 11.7. The van der Waals surface area contributed by atoms with Gasteiger partial charge in [-0.25, -0.2) is 0 Å². The fourth-order valence-corrected chi connectivity index (χ4v) is 2.78. The van der Waals surface area contributed by atoms with Gasteiger partial charge in [-0.05, 0) is 0 Å². The van der Waals surface area contributed by atoms with Gasteiger partial charge in [-0.3, -0.25) is 0 Å². The maximum Gasteiger partial charge on any atom is -0.0521 e. The molecule has 5 heteroatoms. The Labute approximate surface area is 135 Å². The average molecular weight is 490 g/mol. The van der Waals surface area contributed by atoms with Gasteiger partial charge in [0.05, 0.1) is 0 Å². The summed E-state index contributed by atoms with van der Waals surface area (Å²) < 4.78 is 0. The van der Waals surface area contributed by atoms with Gasteiger partial charge in [-0.2, -0.15) is 0 Å². The Balaban J connectivity index is 0.000000284. The minimum atomic E-state index is -0.472. The Bertz CT molecular complexity index is 155. The Morgan fingerprint density at radius 3 is 1.11 bits per heavy atom. The van der Waals surface area contributed by atoms with E-state index in [2.05, 4.69) is 0 Å². The summed E-state index contributed by atoms with van der Waals surface area (Å²) in [5.74, 6) is 1.51. The van der Waals surface area contributed by atoms with Crippen molar-refractivity contribution < 1.29 is 16.5 Å². The van der Waals surface area contributed by atoms with Crippen LogP contribution in [0.1, 0.15) is 64.2 Å². The Morgan fingerprint density at radius 1 is 0.684 bits per heavy atom. The first kappa shape index (κ1) is 20.2. The molecule has 19 heavy (non-hydrogen) atoms. The third-order valence-corrected chi connectivity index (χ3v) is 4.03. The molecular formula is C14H28Cl2N2Pt. The van der Waals surface area contributed by atoms with Crippen LogP contribution in [-0.2, 0) is 16.5 Å². The summed E-state index contributed by atoms with van der Waals surface area (Å²) in [6.45, 7) is 1.33. The van der Waals surface area contributed by atoms with Gasteiger partial charge in [0.1, 0.15) is 0 Å². The van der Waals surface area contributed by atoms with E-state index in [-0.39, 0.29) is 0 Å². The molecule has 0 aliphatic heterocycles. The van der Waals surface area contributed by atoms with Gasteiger partial charge in [-0.1, -0.05) is 76.0 Å². The second-order valence-corrected chi connectivity index (χ2v) is 8.74. The summed E-state index contributed by atoms with van der Waals surface area (Å²) in [6.07, 6.45) is 13.6. The summed E-state index contributed by atoms with van der Waals surface area (Å²) in [6, 6.07) is 0. The number of nitrogens with one attached hydrogen (secondary N) is 2. The van der Waals surface area contributed by atoms with Crippen LogP contribution in [0.4, 0.5) is 0 Å². The van der Waals surface area contributed by atoms with E-state index in [9.17, 15) is 0 Å². The maximum atomic E-state index is 7.10. The van der Waals surface area contributed by atoms with Crippen molar-refractivity contribution >= 4 is 18.8 Å². The van der Waals surface area contributed by atoms with Crippen molar-refractivity contribution in [3.63, 3.8) is 0 Å². The smallest absolute Gasteiger partial charge is 0.0521 e. The van der Waals surface area contributed by atoms with E-state index in [1.165, 1.54) is 64.2 Å². The molecule has 0 aromatic rings. The second-order valence-electron chi connectivity index (χ2n) is 5.46. The summed E-state index contributed by atoms with van der Waals surface area (Å²) in [5, 5.41) is 0. The van der Waals surface area contributed by atoms with Gasteiger partial charge in [0.25, 0.3) is 0 Å². The summed E-state index contributed by atoms with van der Waals surface area (Å²) in [5.41, 5.74) is 14.2. The molecule has 2 aliphatic rings. The minimum Gasteiger partial charge on any atom is -0.677 e. The molecule has 0 aromatic carbocycles. The first-order chi connectivity index (χ1) is 9.28. The van der Waals surface area contributed by atoms with Gasteiger partial charge in [0.2, 0.25) is 0 Å². The SMILES string of the molecule is [Cl][Pt+2][Cl].[NH-]CC1CCCCC1.[NH-]CC1CCCCC1. The van der Waals surface area contributed by atoms with E-state index >= 15 is 0 Å². The molecule has 2 aliphatic carbocycles. The molecule has 118 valence electrons. The second kappa shape index (κ2) is 15.6. The third-order valence-electron chi connectivity index (χ3n) is 4.03. The predicted octanol–water partition coefficient (Wildman–Crippen LogP) is 6.61. The molecule has 0 atom stereocenters. The molecule has 0 spiro atoms. The van der Waals surface area contributed by atoms with E-state index in [4.69, 9.17) is 30.3 Å². The molecule has 0 aromatic heterocycles. The fourth-order valence-electron chi connectivity index (χ4n) is 2.78. The van der Waals surface area contributed by atoms with Gasteiger partial charge < -0.3 is 11.5 Å². The molecule has 0 bridgehead atoms. The van der Waals surface area contributed by atoms with Crippen LogP contribution in [0.2, 0.25) is 0 Å². The molecule has 0 saturated heterocycles. The Morgan fingerprint density at radius 2 is 0.947 bits per heavy atom. The van der Waals surface area contributed by atoms with Crippen molar-refractivity contribution in [1.82, 2.24) is 0 Å². The van der Waals surface area contributed by atoms with E-state index in [0.29, 0.717) is 13.1 Å². The monoisotopic (exact) mass is 489 g/mol. The molecule has 2 nitrogen and oxygen atoms in total. The van der Waals surface area contributed by atoms with Crippen LogP contribution in [0.5, 0.6) is 0 Å². The summed E-state index contributed by atoms with van der Waals surface area (Å²) in [7, 11) is 9.75. The van der Waals surface area contributed by atoms with E-state index in [0.717, 1.165) is 11.8 Å². The number of hydrogen-bond donors (Lipinski definition) is 0. The van der Waals surface area contributed by atoms with Gasteiger partial charge in [0.15, 0.2) is 0 Å². The standard InChI is InChI=1S/2C7H14N.2ClH.Pt/c2*8-6-7-4-2-1-3-5-7;;;/h2*7-8H,1-6H2;2*1H;/q2*-1;;;+4/p-2. The van der Waals surface area contributed by atoms with Gasteiger partial charge >= 0.3 is 35.3 Å². The topological polar surface area (TPSA) is 47.6 Å². The van der Waals surface area contributed by atoms with E-state index in [1.54, 1.807) is 0 Å². The number of hydrogen-bond acceptors (Lipinski definition) is 0. The Kier molecular flexibility index (Phi) is 16.5. The van der Waals surface area contributed by atoms with Crippen LogP contribution in [0.15, 0.2) is 0 Å². The van der Waals surface area contributed by atoms with Crippen molar-refractivity contribution in [2.75, 3.05) is 13.1 Å². The zero-order chi connectivity index (χ0) is 14.3. The zero-order valence-corrected chi connectivity index (χ0v) is 15.5. The van der Waals surface area contributed by atoms with Gasteiger partial charge in [-0.15, -0.1) is 13.1 Å². The summed E-state index contributed by atoms with van der Waals surface area (Å²) in [4.78, 5) is 0. The third kappa shape index (κ3) is 12.6. The molecule has 2 saturated carbocycles. The molecule has 2 fully saturated rings. The fraction of sp³-hybridized carbons (Fsp3) is 1.00. The summed E-state index contributed by atoms with van der Waals surface area (Å²) >= 11 is -0.472. The Hall–Kier alpha value is 1.19. The van der Waals surface area contributed by atoms with Crippen molar-refractivity contribution in [3.8, 4) is 0 Å². The van der Waals surface area contributed by atoms with Crippen molar-refractivity contribution in [1.29, 1.82) is 0 Å². The van der Waals surface area contributed by atoms with Crippen molar-refractivity contribution in [2.45, 2.75) is 64.2 Å². The normalized spacial score (nSPS) is 21.1. The van der Waals surface area contributed by atoms with E-state index < -0.39 is 16.5 Å². The van der Waals surface area contributed by atoms with Crippen LogP contribution in [-0.4, -0.2) is 13.1 Å². The molecule has 0 amide bonds. The quantitative estimate of drug-likeness (QED) is 0.418. The first-order valence-corrected chi connectivity index (χ1v) is 13.0. The first-order valence-electron chi connectivity index (χ1n) is 7.40. The molecule has 0 unspecified atom stereocenters. The van der Waals surface area contributed by atoms with Crippen LogP contribution in [0, 0.1) is 11.8 Å². The van der Waals surface area contributed by atoms with Crippen LogP contribution in [0.3, 0.4) is 0 Å². The maximum absolute atomic E-state index is 7.10. The number of rotatable bonds is 2. The van der Waals surface area contributed by atoms with E-state index in [1.807, 2.05) is 0 Å².